The summed E-state index contributed by atoms with van der Waals surface area (Å²) in [4.78, 5) is 29.5. The van der Waals surface area contributed by atoms with Crippen molar-refractivity contribution in [3.8, 4) is 0 Å². The van der Waals surface area contributed by atoms with Crippen molar-refractivity contribution >= 4 is 32.1 Å². The molecule has 0 aromatic carbocycles. The van der Waals surface area contributed by atoms with E-state index in [4.69, 9.17) is 14.2 Å². The third kappa shape index (κ3) is 2.84. The van der Waals surface area contributed by atoms with Crippen LogP contribution in [0.25, 0.3) is 0 Å². The molecular formula is C12H18N5O4PS. The summed E-state index contributed by atoms with van der Waals surface area (Å²) >= 11 is 3.83. The van der Waals surface area contributed by atoms with Gasteiger partial charge in [-0.2, -0.15) is 0 Å². The second-order valence-electron chi connectivity index (χ2n) is 5.74. The Morgan fingerprint density at radius 3 is 3.26 bits per heavy atom. The molecule has 0 aromatic rings. The molecule has 4 heterocycles. The van der Waals surface area contributed by atoms with Gasteiger partial charge in [0.05, 0.1) is 19.0 Å². The number of hydrogen-bond acceptors (Lipinski definition) is 9. The van der Waals surface area contributed by atoms with Gasteiger partial charge in [0, 0.05) is 12.4 Å². The Bertz CT molecular complexity index is 550. The third-order valence-electron chi connectivity index (χ3n) is 4.38. The Morgan fingerprint density at radius 1 is 1.57 bits per heavy atom. The van der Waals surface area contributed by atoms with Crippen LogP contribution in [0.5, 0.6) is 0 Å². The van der Waals surface area contributed by atoms with Crippen LogP contribution in [0.1, 0.15) is 12.8 Å². The number of ether oxygens (including phenoxy) is 1. The molecule has 0 saturated carbocycles. The fourth-order valence-corrected chi connectivity index (χ4v) is 3.80. The maximum absolute atomic E-state index is 12.4. The van der Waals surface area contributed by atoms with Crippen molar-refractivity contribution in [2.75, 3.05) is 6.61 Å². The molecule has 4 rings (SSSR count). The van der Waals surface area contributed by atoms with Crippen molar-refractivity contribution in [2.24, 2.45) is 4.99 Å². The number of rotatable bonds is 4. The highest BCUT2D eigenvalue weighted by Crippen LogP contribution is 2.37. The third-order valence-corrected chi connectivity index (χ3v) is 5.10. The van der Waals surface area contributed by atoms with Gasteiger partial charge < -0.3 is 24.4 Å². The predicted octanol–water partition coefficient (Wildman–Crippen LogP) is -0.515. The molecule has 3 N–H and O–H groups in total. The zero-order valence-electron chi connectivity index (χ0n) is 12.1. The maximum Gasteiger partial charge on any atom is 0.257 e. The van der Waals surface area contributed by atoms with Crippen LogP contribution in [-0.4, -0.2) is 64.4 Å². The van der Waals surface area contributed by atoms with E-state index < -0.39 is 13.6 Å². The molecule has 0 aliphatic carbocycles. The van der Waals surface area contributed by atoms with Gasteiger partial charge in [-0.1, -0.05) is 12.2 Å². The molecule has 4 aliphatic rings. The number of nitrogens with zero attached hydrogens (tertiary/aromatic N) is 3. The van der Waals surface area contributed by atoms with Gasteiger partial charge >= 0.3 is 0 Å². The first kappa shape index (κ1) is 15.6. The lowest BCUT2D eigenvalue weighted by Crippen LogP contribution is -2.68. The molecule has 4 unspecified atom stereocenters. The van der Waals surface area contributed by atoms with E-state index >= 15 is 0 Å². The van der Waals surface area contributed by atoms with Gasteiger partial charge in [0.15, 0.2) is 12.3 Å². The molecule has 2 saturated heterocycles. The molecule has 126 valence electrons. The first-order chi connectivity index (χ1) is 11.1. The molecule has 4 aliphatic heterocycles. The van der Waals surface area contributed by atoms with Gasteiger partial charge in [-0.05, 0) is 12.8 Å². The lowest BCUT2D eigenvalue weighted by atomic mass is 10.1. The highest BCUT2D eigenvalue weighted by molar-refractivity contribution is 8.41. The standard InChI is InChI=1S/C12H18N5O4PS/c18-11-9-10(15-12-13-3-4-16(11)12)17(6-14-9)8-2-1-7(21-8)5-20-22(19)23/h3-4,6-10,12-13,15,19,23H,1-2,5H2/t7-,8+,9?,10?,12?,22?/m0/s1. The molecule has 9 nitrogen and oxygen atoms in total. The fraction of sp³-hybridized carbons (Fsp3) is 0.667. The van der Waals surface area contributed by atoms with E-state index in [9.17, 15) is 4.79 Å². The number of hydrogen-bond donors (Lipinski definition) is 4. The van der Waals surface area contributed by atoms with E-state index in [1.165, 1.54) is 0 Å². The Morgan fingerprint density at radius 2 is 2.43 bits per heavy atom. The summed E-state index contributed by atoms with van der Waals surface area (Å²) in [7, 11) is -1.67. The zero-order valence-corrected chi connectivity index (χ0v) is 13.9. The molecule has 6 atom stereocenters. The number of carbonyl (C=O) groups is 1. The van der Waals surface area contributed by atoms with E-state index in [2.05, 4.69) is 27.9 Å². The molecule has 11 heteroatoms. The lowest BCUT2D eigenvalue weighted by molar-refractivity contribution is -0.140. The Balaban J connectivity index is 1.40. The Labute approximate surface area is 139 Å². The van der Waals surface area contributed by atoms with Crippen molar-refractivity contribution in [3.63, 3.8) is 0 Å². The van der Waals surface area contributed by atoms with Crippen LogP contribution in [0.4, 0.5) is 0 Å². The predicted molar refractivity (Wildman–Crippen MR) is 85.9 cm³/mol. The number of carbonyl (C=O) groups excluding carboxylic acids is 1. The van der Waals surface area contributed by atoms with Gasteiger partial charge in [-0.3, -0.25) is 20.0 Å². The summed E-state index contributed by atoms with van der Waals surface area (Å²) in [5.41, 5.74) is 0. The van der Waals surface area contributed by atoms with Crippen LogP contribution in [0.15, 0.2) is 17.4 Å². The summed E-state index contributed by atoms with van der Waals surface area (Å²) in [5, 5.41) is 6.46. The second kappa shape index (κ2) is 6.19. The average molecular weight is 359 g/mol. The molecule has 2 fully saturated rings. The smallest absolute Gasteiger partial charge is 0.257 e. The topological polar surface area (TPSA) is 98.7 Å². The van der Waals surface area contributed by atoms with Crippen molar-refractivity contribution in [1.29, 1.82) is 0 Å². The number of amides is 1. The minimum absolute atomic E-state index is 0.0300. The van der Waals surface area contributed by atoms with Crippen molar-refractivity contribution in [1.82, 2.24) is 20.4 Å². The fourth-order valence-electron chi connectivity index (χ4n) is 3.30. The van der Waals surface area contributed by atoms with Gasteiger partial charge in [-0.15, -0.1) is 0 Å². The van der Waals surface area contributed by atoms with Gasteiger partial charge in [0.25, 0.3) is 5.91 Å². The second-order valence-corrected chi connectivity index (χ2v) is 7.53. The first-order valence-electron chi connectivity index (χ1n) is 7.41. The number of fused-ring (bicyclic) bond motifs is 2. The van der Waals surface area contributed by atoms with E-state index in [1.807, 2.05) is 4.90 Å². The normalized spacial score (nSPS) is 39.6. The molecule has 1 amide bonds. The molecular weight excluding hydrogens is 341 g/mol. The highest BCUT2D eigenvalue weighted by Gasteiger charge is 2.49. The summed E-state index contributed by atoms with van der Waals surface area (Å²) in [6.45, 7) is 0.315. The summed E-state index contributed by atoms with van der Waals surface area (Å²) < 4.78 is 11.1. The highest BCUT2D eigenvalue weighted by atomic mass is 32.7. The SMILES string of the molecule is O=C1C2N=CN([C@H]3CC[C@@H](COP(O)S)O3)C2NC2NC=CN12. The van der Waals surface area contributed by atoms with Crippen LogP contribution >= 0.6 is 19.8 Å². The van der Waals surface area contributed by atoms with Crippen molar-refractivity contribution in [3.05, 3.63) is 12.4 Å². The van der Waals surface area contributed by atoms with Crippen molar-refractivity contribution < 1.29 is 18.9 Å². The number of nitrogens with one attached hydrogen (secondary N) is 2. The zero-order chi connectivity index (χ0) is 16.0. The Kier molecular flexibility index (Phi) is 4.21. The lowest BCUT2D eigenvalue weighted by Gasteiger charge is -2.41. The van der Waals surface area contributed by atoms with E-state index in [0.29, 0.717) is 6.61 Å². The molecule has 0 aromatic heterocycles. The van der Waals surface area contributed by atoms with Crippen molar-refractivity contribution in [2.45, 2.75) is 43.7 Å². The molecule has 0 bridgehead atoms. The quantitative estimate of drug-likeness (QED) is 0.396. The van der Waals surface area contributed by atoms with Gasteiger partial charge in [-0.25, -0.2) is 0 Å². The van der Waals surface area contributed by atoms with Gasteiger partial charge in [0.2, 0.25) is 7.58 Å². The summed E-state index contributed by atoms with van der Waals surface area (Å²) in [6.07, 6.45) is 6.09. The molecule has 23 heavy (non-hydrogen) atoms. The number of thiol groups is 1. The number of aliphatic imine (C=N–C) groups is 1. The van der Waals surface area contributed by atoms with E-state index in [1.54, 1.807) is 23.6 Å². The van der Waals surface area contributed by atoms with E-state index in [0.717, 1.165) is 12.8 Å². The minimum Gasteiger partial charge on any atom is -0.357 e. The Hall–Kier alpha value is -0.900. The van der Waals surface area contributed by atoms with Crippen LogP contribution in [0.3, 0.4) is 0 Å². The average Bonchev–Trinajstić information content (AvgIpc) is 3.24. The summed E-state index contributed by atoms with van der Waals surface area (Å²) in [6, 6.07) is -0.461. The summed E-state index contributed by atoms with van der Waals surface area (Å²) in [5.74, 6) is -0.0300. The first-order valence-corrected chi connectivity index (χ1v) is 9.78. The maximum atomic E-state index is 12.4. The van der Waals surface area contributed by atoms with Crippen LogP contribution in [0.2, 0.25) is 0 Å². The molecule has 0 radical (unpaired) electrons. The minimum atomic E-state index is -1.67. The van der Waals surface area contributed by atoms with Crippen LogP contribution in [-0.2, 0) is 14.1 Å². The molecule has 0 spiro atoms. The van der Waals surface area contributed by atoms with Gasteiger partial charge in [0.1, 0.15) is 12.4 Å². The monoisotopic (exact) mass is 359 g/mol. The van der Waals surface area contributed by atoms with Crippen LogP contribution < -0.4 is 10.6 Å². The van der Waals surface area contributed by atoms with Crippen LogP contribution in [0, 0.1) is 0 Å². The van der Waals surface area contributed by atoms with E-state index in [-0.39, 0.29) is 30.7 Å². The largest absolute Gasteiger partial charge is 0.357 e.